The molecule has 21 heavy (non-hydrogen) atoms. The van der Waals surface area contributed by atoms with E-state index in [1.165, 1.54) is 17.7 Å². The van der Waals surface area contributed by atoms with Crippen LogP contribution >= 0.6 is 0 Å². The van der Waals surface area contributed by atoms with Crippen LogP contribution in [0.25, 0.3) is 22.2 Å². The summed E-state index contributed by atoms with van der Waals surface area (Å²) in [6.45, 7) is 0. The number of nitrogens with two attached hydrogens (primary N) is 1. The maximum Gasteiger partial charge on any atom is 0.270 e. The summed E-state index contributed by atoms with van der Waals surface area (Å²) < 4.78 is 0. The van der Waals surface area contributed by atoms with E-state index in [1.54, 1.807) is 6.07 Å². The maximum absolute atomic E-state index is 10.9. The van der Waals surface area contributed by atoms with Gasteiger partial charge in [-0.25, -0.2) is 4.98 Å². The fraction of sp³-hybridized carbons (Fsp3) is 0.0625. The molecule has 2 N–H and O–H groups in total. The lowest BCUT2D eigenvalue weighted by Crippen LogP contribution is -1.98. The van der Waals surface area contributed by atoms with Crippen molar-refractivity contribution in [2.45, 2.75) is 6.42 Å². The highest BCUT2D eigenvalue weighted by molar-refractivity contribution is 5.98. The number of benzene rings is 2. The molecule has 0 amide bonds. The maximum atomic E-state index is 10.9. The molecule has 4 rings (SSSR count). The Morgan fingerprint density at radius 1 is 1.19 bits per heavy atom. The number of pyridine rings is 1. The summed E-state index contributed by atoms with van der Waals surface area (Å²) >= 11 is 0. The van der Waals surface area contributed by atoms with Crippen LogP contribution in [0.1, 0.15) is 11.1 Å². The van der Waals surface area contributed by atoms with Crippen molar-refractivity contribution in [1.29, 1.82) is 0 Å². The first-order valence-electron chi connectivity index (χ1n) is 6.60. The van der Waals surface area contributed by atoms with E-state index < -0.39 is 4.92 Å². The third-order valence-corrected chi connectivity index (χ3v) is 3.96. The molecule has 0 fully saturated rings. The highest BCUT2D eigenvalue weighted by Crippen LogP contribution is 2.41. The summed E-state index contributed by atoms with van der Waals surface area (Å²) in [5.74, 6) is 0. The van der Waals surface area contributed by atoms with Crippen LogP contribution in [0.2, 0.25) is 0 Å². The van der Waals surface area contributed by atoms with Crippen LogP contribution in [0.15, 0.2) is 42.5 Å². The van der Waals surface area contributed by atoms with Crippen LogP contribution in [-0.2, 0) is 6.42 Å². The molecule has 1 aliphatic rings. The number of anilines is 1. The van der Waals surface area contributed by atoms with Gasteiger partial charge < -0.3 is 5.73 Å². The number of nitro groups is 1. The first-order chi connectivity index (χ1) is 10.1. The second-order valence-corrected chi connectivity index (χ2v) is 5.15. The number of non-ortho nitro benzene ring substituents is 1. The van der Waals surface area contributed by atoms with Crippen molar-refractivity contribution < 1.29 is 4.92 Å². The summed E-state index contributed by atoms with van der Waals surface area (Å²) in [6, 6.07) is 12.7. The number of rotatable bonds is 1. The molecule has 0 saturated heterocycles. The van der Waals surface area contributed by atoms with Crippen LogP contribution < -0.4 is 5.73 Å². The van der Waals surface area contributed by atoms with E-state index in [0.29, 0.717) is 16.6 Å². The van der Waals surface area contributed by atoms with Gasteiger partial charge in [0.15, 0.2) is 0 Å². The lowest BCUT2D eigenvalue weighted by atomic mass is 10.1. The Morgan fingerprint density at radius 3 is 2.81 bits per heavy atom. The van der Waals surface area contributed by atoms with Gasteiger partial charge in [-0.1, -0.05) is 24.3 Å². The van der Waals surface area contributed by atoms with Gasteiger partial charge in [0.05, 0.1) is 16.1 Å². The number of nitrogen functional groups attached to an aromatic ring is 1. The summed E-state index contributed by atoms with van der Waals surface area (Å²) in [7, 11) is 0. The SMILES string of the molecule is Nc1c2c(nc3ccc([N+](=O)[O-])cc13)-c1ccccc1C2. The average molecular weight is 277 g/mol. The van der Waals surface area contributed by atoms with Crippen LogP contribution in [0.4, 0.5) is 11.4 Å². The van der Waals surface area contributed by atoms with E-state index in [-0.39, 0.29) is 5.69 Å². The van der Waals surface area contributed by atoms with Crippen LogP contribution in [-0.4, -0.2) is 9.91 Å². The number of fused-ring (bicyclic) bond motifs is 4. The molecule has 0 radical (unpaired) electrons. The van der Waals surface area contributed by atoms with E-state index in [9.17, 15) is 10.1 Å². The molecule has 1 aromatic heterocycles. The van der Waals surface area contributed by atoms with E-state index in [1.807, 2.05) is 18.2 Å². The largest absolute Gasteiger partial charge is 0.398 e. The molecular formula is C16H11N3O2. The molecular weight excluding hydrogens is 266 g/mol. The van der Waals surface area contributed by atoms with E-state index >= 15 is 0 Å². The number of nitro benzene ring substituents is 1. The first kappa shape index (κ1) is 11.8. The smallest absolute Gasteiger partial charge is 0.270 e. The molecule has 102 valence electrons. The van der Waals surface area contributed by atoms with Gasteiger partial charge in [-0.15, -0.1) is 0 Å². The molecule has 1 aliphatic carbocycles. The van der Waals surface area contributed by atoms with Crippen molar-refractivity contribution in [3.05, 3.63) is 63.7 Å². The normalized spacial score (nSPS) is 12.2. The Balaban J connectivity index is 2.04. The standard InChI is InChI=1S/C16H11N3O2/c17-15-12-8-10(19(20)21)5-6-14(12)18-16-11-4-2-1-3-9(11)7-13(15)16/h1-6,8H,7H2,(H2,17,18). The van der Waals surface area contributed by atoms with Gasteiger partial charge in [-0.3, -0.25) is 10.1 Å². The van der Waals surface area contributed by atoms with Gasteiger partial charge in [0.2, 0.25) is 0 Å². The Bertz CT molecular complexity index is 919. The monoisotopic (exact) mass is 277 g/mol. The molecule has 5 nitrogen and oxygen atoms in total. The second kappa shape index (κ2) is 4.02. The Labute approximate surface area is 120 Å². The Morgan fingerprint density at radius 2 is 2.00 bits per heavy atom. The molecule has 2 aromatic carbocycles. The Hall–Kier alpha value is -2.95. The summed E-state index contributed by atoms with van der Waals surface area (Å²) in [5, 5.41) is 11.6. The van der Waals surface area contributed by atoms with Crippen molar-refractivity contribution in [2.24, 2.45) is 0 Å². The third kappa shape index (κ3) is 1.61. The second-order valence-electron chi connectivity index (χ2n) is 5.15. The van der Waals surface area contributed by atoms with Crippen molar-refractivity contribution in [3.8, 4) is 11.3 Å². The average Bonchev–Trinajstić information content (AvgIpc) is 2.86. The van der Waals surface area contributed by atoms with Crippen molar-refractivity contribution in [2.75, 3.05) is 5.73 Å². The van der Waals surface area contributed by atoms with Crippen molar-refractivity contribution in [1.82, 2.24) is 4.98 Å². The predicted octanol–water partition coefficient (Wildman–Crippen LogP) is 3.30. The van der Waals surface area contributed by atoms with Gasteiger partial charge in [0.1, 0.15) is 0 Å². The number of hydrogen-bond donors (Lipinski definition) is 1. The fourth-order valence-corrected chi connectivity index (χ4v) is 2.93. The molecule has 0 aliphatic heterocycles. The topological polar surface area (TPSA) is 82.0 Å². The molecule has 3 aromatic rings. The summed E-state index contributed by atoms with van der Waals surface area (Å²) in [5.41, 5.74) is 11.7. The van der Waals surface area contributed by atoms with E-state index in [4.69, 9.17) is 5.73 Å². The molecule has 1 heterocycles. The number of hydrogen-bond acceptors (Lipinski definition) is 4. The molecule has 0 atom stereocenters. The van der Waals surface area contributed by atoms with Gasteiger partial charge >= 0.3 is 0 Å². The van der Waals surface area contributed by atoms with E-state index in [0.717, 1.165) is 23.2 Å². The minimum absolute atomic E-state index is 0.0338. The Kier molecular flexibility index (Phi) is 2.27. The molecule has 5 heteroatoms. The van der Waals surface area contributed by atoms with E-state index in [2.05, 4.69) is 11.1 Å². The summed E-state index contributed by atoms with van der Waals surface area (Å²) in [4.78, 5) is 15.2. The lowest BCUT2D eigenvalue weighted by Gasteiger charge is -2.08. The first-order valence-corrected chi connectivity index (χ1v) is 6.60. The highest BCUT2D eigenvalue weighted by atomic mass is 16.6. The fourth-order valence-electron chi connectivity index (χ4n) is 2.93. The molecule has 0 bridgehead atoms. The minimum Gasteiger partial charge on any atom is -0.398 e. The predicted molar refractivity (Wildman–Crippen MR) is 81.1 cm³/mol. The molecule has 0 unspecified atom stereocenters. The quantitative estimate of drug-likeness (QED) is 0.427. The van der Waals surface area contributed by atoms with Gasteiger partial charge in [0, 0.05) is 40.8 Å². The minimum atomic E-state index is -0.416. The zero-order valence-electron chi connectivity index (χ0n) is 11.0. The highest BCUT2D eigenvalue weighted by Gasteiger charge is 2.24. The molecule has 0 saturated carbocycles. The van der Waals surface area contributed by atoms with Crippen LogP contribution in [0, 0.1) is 10.1 Å². The van der Waals surface area contributed by atoms with Gasteiger partial charge in [-0.05, 0) is 11.6 Å². The number of aromatic nitrogens is 1. The van der Waals surface area contributed by atoms with Gasteiger partial charge in [-0.2, -0.15) is 0 Å². The van der Waals surface area contributed by atoms with Crippen LogP contribution in [0.5, 0.6) is 0 Å². The molecule has 0 spiro atoms. The van der Waals surface area contributed by atoms with Crippen molar-refractivity contribution >= 4 is 22.3 Å². The summed E-state index contributed by atoms with van der Waals surface area (Å²) in [6.07, 6.45) is 0.725. The zero-order valence-corrected chi connectivity index (χ0v) is 11.0. The van der Waals surface area contributed by atoms with Gasteiger partial charge in [0.25, 0.3) is 5.69 Å². The van der Waals surface area contributed by atoms with Crippen LogP contribution in [0.3, 0.4) is 0 Å². The van der Waals surface area contributed by atoms with Crippen molar-refractivity contribution in [3.63, 3.8) is 0 Å². The zero-order chi connectivity index (χ0) is 14.6. The third-order valence-electron chi connectivity index (χ3n) is 3.96. The number of nitrogens with zero attached hydrogens (tertiary/aromatic N) is 2. The lowest BCUT2D eigenvalue weighted by molar-refractivity contribution is -0.384.